The van der Waals surface area contributed by atoms with Crippen LogP contribution in [0.2, 0.25) is 0 Å². The van der Waals surface area contributed by atoms with Crippen molar-refractivity contribution in [2.45, 2.75) is 105 Å². The third-order valence-corrected chi connectivity index (χ3v) is 10.7. The average molecular weight is 403 g/mol. The molecule has 0 N–H and O–H groups in total. The van der Waals surface area contributed by atoms with Gasteiger partial charge in [-0.15, -0.1) is 6.58 Å². The highest BCUT2D eigenvalue weighted by atomic mass is 14.6. The zero-order valence-corrected chi connectivity index (χ0v) is 20.2. The summed E-state index contributed by atoms with van der Waals surface area (Å²) in [4.78, 5) is 0. The highest BCUT2D eigenvalue weighted by Gasteiger charge is 2.58. The number of hydrogen-bond donors (Lipinski definition) is 0. The Morgan fingerprint density at radius 3 is 2.59 bits per heavy atom. The molecule has 0 amide bonds. The molecule has 29 heavy (non-hydrogen) atoms. The van der Waals surface area contributed by atoms with E-state index in [0.29, 0.717) is 10.8 Å². The lowest BCUT2D eigenvalue weighted by Gasteiger charge is -2.58. The summed E-state index contributed by atoms with van der Waals surface area (Å²) >= 11 is 0. The molecule has 0 saturated heterocycles. The lowest BCUT2D eigenvalue weighted by molar-refractivity contribution is -0.0516. The largest absolute Gasteiger partial charge is 0.103 e. The highest BCUT2D eigenvalue weighted by Crippen LogP contribution is 2.67. The second kappa shape index (κ2) is 8.20. The summed E-state index contributed by atoms with van der Waals surface area (Å²) < 4.78 is 0. The lowest BCUT2D eigenvalue weighted by Crippen LogP contribution is -2.50. The van der Waals surface area contributed by atoms with E-state index in [2.05, 4.69) is 53.3 Å². The lowest BCUT2D eigenvalue weighted by atomic mass is 9.46. The SMILES string of the molecule is C=CC1CC[C@@]2(C)C(=CCC3C2CC[C@@]2(C)C3CC[C@@H]2[C@H](C)CCCC(C)C)C1.[HH].[HH].[HH]. The minimum atomic E-state index is 0. The van der Waals surface area contributed by atoms with E-state index in [9.17, 15) is 0 Å². The predicted molar refractivity (Wildman–Crippen MR) is 133 cm³/mol. The Morgan fingerprint density at radius 2 is 1.86 bits per heavy atom. The van der Waals surface area contributed by atoms with Crippen LogP contribution in [-0.4, -0.2) is 0 Å². The molecular formula is C29H54. The quantitative estimate of drug-likeness (QED) is 0.388. The topological polar surface area (TPSA) is 0 Å². The van der Waals surface area contributed by atoms with Crippen molar-refractivity contribution in [1.29, 1.82) is 0 Å². The number of fused-ring (bicyclic) bond motifs is 5. The van der Waals surface area contributed by atoms with Crippen LogP contribution in [0, 0.1) is 52.3 Å². The molecule has 0 heterocycles. The predicted octanol–water partition coefficient (Wildman–Crippen LogP) is 9.57. The van der Waals surface area contributed by atoms with Gasteiger partial charge in [-0.25, -0.2) is 0 Å². The molecule has 0 aliphatic heterocycles. The zero-order chi connectivity index (χ0) is 20.8. The molecule has 0 aromatic carbocycles. The molecule has 0 nitrogen and oxygen atoms in total. The number of hydrogen-bond acceptors (Lipinski definition) is 0. The molecule has 4 aliphatic rings. The van der Waals surface area contributed by atoms with Crippen LogP contribution >= 0.6 is 0 Å². The fourth-order valence-corrected chi connectivity index (χ4v) is 8.91. The van der Waals surface area contributed by atoms with E-state index in [1.165, 1.54) is 70.6 Å². The van der Waals surface area contributed by atoms with Gasteiger partial charge in [-0.3, -0.25) is 0 Å². The second-order valence-corrected chi connectivity index (χ2v) is 12.5. The maximum absolute atomic E-state index is 4.11. The van der Waals surface area contributed by atoms with Crippen molar-refractivity contribution in [3.05, 3.63) is 24.3 Å². The van der Waals surface area contributed by atoms with Gasteiger partial charge >= 0.3 is 0 Å². The van der Waals surface area contributed by atoms with Crippen molar-refractivity contribution >= 4 is 0 Å². The molecule has 8 atom stereocenters. The van der Waals surface area contributed by atoms with E-state index in [-0.39, 0.29) is 4.28 Å². The Labute approximate surface area is 186 Å². The standard InChI is InChI=1S/C29H48.3H2/c1-7-22-15-17-28(5)23(19-22)11-12-24-26-14-13-25(21(4)10-8-9-20(2)3)29(26,6)18-16-27(24)28;;;/h7,11,20-22,24-27H,1,8-10,12-19H2,2-6H3;3*1H/t21-,22?,24?,25-,26?,27?,28+,29-;;;/m1.../s1. The van der Waals surface area contributed by atoms with Gasteiger partial charge < -0.3 is 0 Å². The van der Waals surface area contributed by atoms with Gasteiger partial charge in [0.2, 0.25) is 0 Å². The normalized spacial score (nSPS) is 45.2. The number of allylic oxidation sites excluding steroid dienone is 3. The molecule has 170 valence electrons. The number of rotatable bonds is 6. The summed E-state index contributed by atoms with van der Waals surface area (Å²) in [5.41, 5.74) is 2.94. The van der Waals surface area contributed by atoms with E-state index >= 15 is 0 Å². The molecule has 4 rings (SSSR count). The summed E-state index contributed by atoms with van der Waals surface area (Å²) in [6, 6.07) is 0. The summed E-state index contributed by atoms with van der Waals surface area (Å²) in [5, 5.41) is 0. The molecule has 0 aromatic heterocycles. The van der Waals surface area contributed by atoms with Crippen LogP contribution < -0.4 is 0 Å². The average Bonchev–Trinajstić information content (AvgIpc) is 3.04. The monoisotopic (exact) mass is 402 g/mol. The van der Waals surface area contributed by atoms with Crippen LogP contribution in [0.3, 0.4) is 0 Å². The molecule has 0 radical (unpaired) electrons. The van der Waals surface area contributed by atoms with Crippen LogP contribution in [-0.2, 0) is 0 Å². The molecule has 0 heteroatoms. The molecule has 4 aliphatic carbocycles. The summed E-state index contributed by atoms with van der Waals surface area (Å²) in [6.45, 7) is 16.8. The molecular weight excluding hydrogens is 348 g/mol. The summed E-state index contributed by atoms with van der Waals surface area (Å²) in [5.74, 6) is 6.43. The maximum atomic E-state index is 4.11. The van der Waals surface area contributed by atoms with Crippen LogP contribution in [0.25, 0.3) is 0 Å². The second-order valence-electron chi connectivity index (χ2n) is 12.5. The Balaban J connectivity index is 0.00000171. The van der Waals surface area contributed by atoms with Crippen molar-refractivity contribution in [1.82, 2.24) is 0 Å². The van der Waals surface area contributed by atoms with Gasteiger partial charge in [0.1, 0.15) is 0 Å². The fourth-order valence-electron chi connectivity index (χ4n) is 8.91. The molecule has 0 bridgehead atoms. The minimum absolute atomic E-state index is 0. The van der Waals surface area contributed by atoms with E-state index in [4.69, 9.17) is 0 Å². The van der Waals surface area contributed by atoms with Crippen molar-refractivity contribution in [2.24, 2.45) is 52.3 Å². The van der Waals surface area contributed by atoms with Crippen LogP contribution in [0.4, 0.5) is 0 Å². The fraction of sp³-hybridized carbons (Fsp3) is 0.862. The molecule has 3 saturated carbocycles. The molecule has 0 aromatic rings. The zero-order valence-electron chi connectivity index (χ0n) is 20.2. The van der Waals surface area contributed by atoms with E-state index in [1.807, 2.05) is 5.57 Å². The van der Waals surface area contributed by atoms with Crippen molar-refractivity contribution in [2.75, 3.05) is 0 Å². The molecule has 3 fully saturated rings. The van der Waals surface area contributed by atoms with Crippen molar-refractivity contribution in [3.63, 3.8) is 0 Å². The minimum Gasteiger partial charge on any atom is -0.103 e. The van der Waals surface area contributed by atoms with Crippen LogP contribution in [0.1, 0.15) is 110 Å². The Hall–Kier alpha value is -0.520. The van der Waals surface area contributed by atoms with E-state index in [0.717, 1.165) is 41.4 Å². The van der Waals surface area contributed by atoms with Crippen LogP contribution in [0.5, 0.6) is 0 Å². The summed E-state index contributed by atoms with van der Waals surface area (Å²) in [7, 11) is 0. The third kappa shape index (κ3) is 3.70. The van der Waals surface area contributed by atoms with Crippen LogP contribution in [0.15, 0.2) is 24.3 Å². The Morgan fingerprint density at radius 1 is 1.07 bits per heavy atom. The maximum Gasteiger partial charge on any atom is 0 e. The van der Waals surface area contributed by atoms with E-state index < -0.39 is 0 Å². The van der Waals surface area contributed by atoms with Crippen molar-refractivity contribution < 1.29 is 4.28 Å². The van der Waals surface area contributed by atoms with Gasteiger partial charge in [-0.1, -0.05) is 71.6 Å². The van der Waals surface area contributed by atoms with E-state index in [1.54, 1.807) is 0 Å². The molecule has 4 unspecified atom stereocenters. The Bertz CT molecular complexity index is 640. The first kappa shape index (κ1) is 21.7. The molecule has 0 spiro atoms. The smallest absolute Gasteiger partial charge is 0 e. The third-order valence-electron chi connectivity index (χ3n) is 10.7. The summed E-state index contributed by atoms with van der Waals surface area (Å²) in [6.07, 6.45) is 20.8. The van der Waals surface area contributed by atoms with Crippen molar-refractivity contribution in [3.8, 4) is 0 Å². The first-order chi connectivity index (χ1) is 13.8. The first-order valence-electron chi connectivity index (χ1n) is 13.1. The van der Waals surface area contributed by atoms with Gasteiger partial charge in [0.15, 0.2) is 0 Å². The van der Waals surface area contributed by atoms with Gasteiger partial charge in [-0.05, 0) is 104 Å². The Kier molecular flexibility index (Phi) is 6.14. The van der Waals surface area contributed by atoms with Gasteiger partial charge in [0.25, 0.3) is 0 Å². The van der Waals surface area contributed by atoms with Gasteiger partial charge in [-0.2, -0.15) is 0 Å². The highest BCUT2D eigenvalue weighted by molar-refractivity contribution is 5.26. The first-order valence-corrected chi connectivity index (χ1v) is 13.1. The van der Waals surface area contributed by atoms with Gasteiger partial charge in [0.05, 0.1) is 0 Å². The van der Waals surface area contributed by atoms with Gasteiger partial charge in [0, 0.05) is 4.28 Å².